The van der Waals surface area contributed by atoms with Gasteiger partial charge in [-0.15, -0.1) is 0 Å². The molecule has 4 heteroatoms. The maximum absolute atomic E-state index is 8.79. The summed E-state index contributed by atoms with van der Waals surface area (Å²) in [5.41, 5.74) is 0. The van der Waals surface area contributed by atoms with Crippen LogP contribution in [0, 0.1) is 0 Å². The van der Waals surface area contributed by atoms with E-state index < -0.39 is 0 Å². The van der Waals surface area contributed by atoms with Crippen LogP contribution in [0.3, 0.4) is 0 Å². The Bertz CT molecular complexity index is 416. The van der Waals surface area contributed by atoms with Crippen LogP contribution >= 0.6 is 12.0 Å². The van der Waals surface area contributed by atoms with E-state index in [1.165, 1.54) is 0 Å². The highest BCUT2D eigenvalue weighted by atomic mass is 32.2. The first kappa shape index (κ1) is 10.0. The van der Waals surface area contributed by atoms with Gasteiger partial charge in [0.15, 0.2) is 0 Å². The van der Waals surface area contributed by atoms with Crippen molar-refractivity contribution in [1.29, 1.82) is 0 Å². The molecule has 1 N–H and O–H groups in total. The predicted molar refractivity (Wildman–Crippen MR) is 59.2 cm³/mol. The van der Waals surface area contributed by atoms with Crippen LogP contribution < -0.4 is 4.74 Å². The quantitative estimate of drug-likeness (QED) is 0.803. The van der Waals surface area contributed by atoms with E-state index in [1.807, 2.05) is 0 Å². The second-order valence-electron chi connectivity index (χ2n) is 2.85. The molecule has 1 heterocycles. The SMILES string of the molecule is OSc1ccc(Oc2ccncc2)cc1. The van der Waals surface area contributed by atoms with Crippen molar-refractivity contribution in [1.82, 2.24) is 4.98 Å². The van der Waals surface area contributed by atoms with Crippen molar-refractivity contribution < 1.29 is 9.29 Å². The molecule has 0 radical (unpaired) electrons. The molecule has 2 rings (SSSR count). The van der Waals surface area contributed by atoms with Crippen molar-refractivity contribution >= 4 is 12.0 Å². The van der Waals surface area contributed by atoms with Gasteiger partial charge in [-0.2, -0.15) is 0 Å². The maximum atomic E-state index is 8.79. The van der Waals surface area contributed by atoms with Gasteiger partial charge in [-0.05, 0) is 36.4 Å². The lowest BCUT2D eigenvalue weighted by Crippen LogP contribution is -1.83. The molecule has 1 aromatic heterocycles. The molecule has 3 nitrogen and oxygen atoms in total. The van der Waals surface area contributed by atoms with Crippen molar-refractivity contribution in [2.24, 2.45) is 0 Å². The van der Waals surface area contributed by atoms with Gasteiger partial charge in [-0.25, -0.2) is 0 Å². The highest BCUT2D eigenvalue weighted by Gasteiger charge is 1.96. The molecule has 0 saturated carbocycles. The fourth-order valence-corrected chi connectivity index (χ4v) is 1.37. The van der Waals surface area contributed by atoms with Crippen molar-refractivity contribution in [3.05, 3.63) is 48.8 Å². The Kier molecular flexibility index (Phi) is 3.22. The van der Waals surface area contributed by atoms with Crippen LogP contribution in [0.25, 0.3) is 0 Å². The van der Waals surface area contributed by atoms with Gasteiger partial charge in [-0.3, -0.25) is 4.98 Å². The van der Waals surface area contributed by atoms with E-state index in [1.54, 1.807) is 48.8 Å². The third kappa shape index (κ3) is 2.71. The molecular formula is C11H9NO2S. The lowest BCUT2D eigenvalue weighted by molar-refractivity contribution is 0.481. The minimum absolute atomic E-state index is 0.718. The van der Waals surface area contributed by atoms with E-state index in [0.29, 0.717) is 0 Å². The molecule has 2 aromatic rings. The Morgan fingerprint density at radius 1 is 0.933 bits per heavy atom. The van der Waals surface area contributed by atoms with Gasteiger partial charge in [0.2, 0.25) is 0 Å². The van der Waals surface area contributed by atoms with Crippen LogP contribution in [0.2, 0.25) is 0 Å². The van der Waals surface area contributed by atoms with E-state index in [0.717, 1.165) is 28.4 Å². The maximum Gasteiger partial charge on any atom is 0.130 e. The summed E-state index contributed by atoms with van der Waals surface area (Å²) in [6.07, 6.45) is 3.35. The highest BCUT2D eigenvalue weighted by Crippen LogP contribution is 2.23. The van der Waals surface area contributed by atoms with Crippen LogP contribution in [0.5, 0.6) is 11.5 Å². The van der Waals surface area contributed by atoms with Gasteiger partial charge in [0.05, 0.1) is 0 Å². The Balaban J connectivity index is 2.11. The summed E-state index contributed by atoms with van der Waals surface area (Å²) < 4.78 is 14.3. The third-order valence-corrected chi connectivity index (χ3v) is 2.30. The van der Waals surface area contributed by atoms with Crippen LogP contribution in [0.4, 0.5) is 0 Å². The second kappa shape index (κ2) is 4.82. The van der Waals surface area contributed by atoms with Gasteiger partial charge in [0.1, 0.15) is 11.5 Å². The molecule has 0 spiro atoms. The van der Waals surface area contributed by atoms with E-state index in [4.69, 9.17) is 9.29 Å². The number of rotatable bonds is 3. The number of pyridine rings is 1. The molecule has 15 heavy (non-hydrogen) atoms. The predicted octanol–water partition coefficient (Wildman–Crippen LogP) is 3.44. The molecule has 0 fully saturated rings. The molecule has 0 amide bonds. The van der Waals surface area contributed by atoms with Gasteiger partial charge in [0.25, 0.3) is 0 Å². The fourth-order valence-electron chi connectivity index (χ4n) is 1.11. The minimum Gasteiger partial charge on any atom is -0.457 e. The molecule has 0 unspecified atom stereocenters. The lowest BCUT2D eigenvalue weighted by Gasteiger charge is -2.04. The summed E-state index contributed by atoms with van der Waals surface area (Å²) in [7, 11) is 0. The molecule has 76 valence electrons. The molecule has 0 bridgehead atoms. The van der Waals surface area contributed by atoms with Crippen molar-refractivity contribution in [2.45, 2.75) is 4.90 Å². The summed E-state index contributed by atoms with van der Waals surface area (Å²) in [4.78, 5) is 4.69. The summed E-state index contributed by atoms with van der Waals surface area (Å²) in [6.45, 7) is 0. The molecule has 0 aliphatic rings. The average Bonchev–Trinajstić information content (AvgIpc) is 2.31. The molecule has 1 aromatic carbocycles. The van der Waals surface area contributed by atoms with Crippen LogP contribution in [0.1, 0.15) is 0 Å². The first-order chi connectivity index (χ1) is 7.38. The zero-order valence-corrected chi connectivity index (χ0v) is 8.65. The number of aromatic nitrogens is 1. The van der Waals surface area contributed by atoms with E-state index in [-0.39, 0.29) is 0 Å². The number of hydrogen-bond acceptors (Lipinski definition) is 4. The van der Waals surface area contributed by atoms with E-state index in [9.17, 15) is 0 Å². The van der Waals surface area contributed by atoms with Gasteiger partial charge >= 0.3 is 0 Å². The lowest BCUT2D eigenvalue weighted by atomic mass is 10.3. The Hall–Kier alpha value is -1.52. The molecule has 0 aliphatic heterocycles. The van der Waals surface area contributed by atoms with Gasteiger partial charge in [0, 0.05) is 29.3 Å². The number of ether oxygens (including phenoxy) is 1. The van der Waals surface area contributed by atoms with Crippen molar-refractivity contribution in [3.63, 3.8) is 0 Å². The molecule has 0 saturated heterocycles. The summed E-state index contributed by atoms with van der Waals surface area (Å²) in [5, 5.41) is 0. The first-order valence-corrected chi connectivity index (χ1v) is 5.15. The zero-order valence-electron chi connectivity index (χ0n) is 7.83. The first-order valence-electron chi connectivity index (χ1n) is 4.38. The molecule has 0 aliphatic carbocycles. The Labute approximate surface area is 91.9 Å². The summed E-state index contributed by atoms with van der Waals surface area (Å²) in [6, 6.07) is 10.8. The van der Waals surface area contributed by atoms with Crippen molar-refractivity contribution in [2.75, 3.05) is 0 Å². The minimum atomic E-state index is 0.718. The van der Waals surface area contributed by atoms with Crippen LogP contribution in [-0.4, -0.2) is 9.54 Å². The number of benzene rings is 1. The number of nitrogens with zero attached hydrogens (tertiary/aromatic N) is 1. The monoisotopic (exact) mass is 219 g/mol. The average molecular weight is 219 g/mol. The van der Waals surface area contributed by atoms with E-state index in [2.05, 4.69) is 4.98 Å². The molecule has 0 atom stereocenters. The Morgan fingerprint density at radius 3 is 2.13 bits per heavy atom. The number of hydrogen-bond donors (Lipinski definition) is 1. The second-order valence-corrected chi connectivity index (χ2v) is 3.50. The third-order valence-electron chi connectivity index (χ3n) is 1.81. The topological polar surface area (TPSA) is 42.4 Å². The van der Waals surface area contributed by atoms with Crippen LogP contribution in [0.15, 0.2) is 53.7 Å². The highest BCUT2D eigenvalue weighted by molar-refractivity contribution is 7.93. The molecular weight excluding hydrogens is 210 g/mol. The normalized spacial score (nSPS) is 9.93. The summed E-state index contributed by atoms with van der Waals surface area (Å²) >= 11 is 0.718. The summed E-state index contributed by atoms with van der Waals surface area (Å²) in [5.74, 6) is 1.48. The standard InChI is InChI=1S/C11H9NO2S/c13-15-11-3-1-9(2-4-11)14-10-5-7-12-8-6-10/h1-8,13H. The fraction of sp³-hybridized carbons (Fsp3) is 0. The largest absolute Gasteiger partial charge is 0.457 e. The van der Waals surface area contributed by atoms with E-state index >= 15 is 0 Å². The van der Waals surface area contributed by atoms with Crippen molar-refractivity contribution in [3.8, 4) is 11.5 Å². The smallest absolute Gasteiger partial charge is 0.130 e. The Morgan fingerprint density at radius 2 is 1.53 bits per heavy atom. The van der Waals surface area contributed by atoms with Gasteiger partial charge < -0.3 is 9.29 Å². The van der Waals surface area contributed by atoms with Crippen LogP contribution in [-0.2, 0) is 0 Å². The van der Waals surface area contributed by atoms with Gasteiger partial charge in [-0.1, -0.05) is 0 Å². The zero-order chi connectivity index (χ0) is 10.5.